The van der Waals surface area contributed by atoms with Gasteiger partial charge in [-0.3, -0.25) is 9.59 Å². The number of nitrogens with zero attached hydrogens (tertiary/aromatic N) is 2. The Morgan fingerprint density at radius 1 is 1.24 bits per heavy atom. The molecule has 0 bridgehead atoms. The van der Waals surface area contributed by atoms with Crippen molar-refractivity contribution in [2.75, 3.05) is 6.54 Å². The van der Waals surface area contributed by atoms with Gasteiger partial charge in [-0.2, -0.15) is 0 Å². The molecular weight excluding hydrogens is 486 g/mol. The van der Waals surface area contributed by atoms with Crippen LogP contribution in [0.15, 0.2) is 53.3 Å². The summed E-state index contributed by atoms with van der Waals surface area (Å²) in [6, 6.07) is 10.7. The van der Waals surface area contributed by atoms with Gasteiger partial charge in [0.2, 0.25) is 0 Å². The SMILES string of the molecule is CC(O)c1cc(CCNC(=O)c2ccc3c(c2)nc(-c2ccoc2)n3C2CCCCC2)c(OC=O)cc1O. The molecule has 0 spiro atoms. The monoisotopic (exact) mass is 517 g/mol. The van der Waals surface area contributed by atoms with Gasteiger partial charge in [0, 0.05) is 29.8 Å². The van der Waals surface area contributed by atoms with Gasteiger partial charge in [0.15, 0.2) is 0 Å². The Labute approximate surface area is 220 Å². The van der Waals surface area contributed by atoms with Gasteiger partial charge in [0.05, 0.1) is 29.0 Å². The Balaban J connectivity index is 1.36. The van der Waals surface area contributed by atoms with Crippen LogP contribution in [0, 0.1) is 0 Å². The predicted molar refractivity (Wildman–Crippen MR) is 141 cm³/mol. The van der Waals surface area contributed by atoms with E-state index in [0.717, 1.165) is 35.3 Å². The molecule has 9 nitrogen and oxygen atoms in total. The average Bonchev–Trinajstić information content (AvgIpc) is 3.58. The molecule has 9 heteroatoms. The van der Waals surface area contributed by atoms with Gasteiger partial charge in [-0.1, -0.05) is 19.3 Å². The Morgan fingerprint density at radius 3 is 2.76 bits per heavy atom. The zero-order valence-corrected chi connectivity index (χ0v) is 21.2. The van der Waals surface area contributed by atoms with Crippen LogP contribution in [0.2, 0.25) is 0 Å². The number of aliphatic hydroxyl groups excluding tert-OH is 1. The molecule has 4 aromatic rings. The first kappa shape index (κ1) is 25.5. The molecule has 1 aliphatic rings. The Bertz CT molecular complexity index is 1430. The van der Waals surface area contributed by atoms with Crippen molar-refractivity contribution in [1.29, 1.82) is 0 Å². The van der Waals surface area contributed by atoms with Crippen LogP contribution in [0.3, 0.4) is 0 Å². The number of rotatable bonds is 9. The number of fused-ring (bicyclic) bond motifs is 1. The summed E-state index contributed by atoms with van der Waals surface area (Å²) in [5.74, 6) is 0.608. The van der Waals surface area contributed by atoms with E-state index >= 15 is 0 Å². The number of nitrogens with one attached hydrogen (secondary N) is 1. The number of aromatic nitrogens is 2. The van der Waals surface area contributed by atoms with Crippen molar-refractivity contribution < 1.29 is 29.0 Å². The van der Waals surface area contributed by atoms with E-state index in [9.17, 15) is 19.8 Å². The highest BCUT2D eigenvalue weighted by Gasteiger charge is 2.23. The number of aromatic hydroxyl groups is 1. The first-order valence-corrected chi connectivity index (χ1v) is 12.9. The van der Waals surface area contributed by atoms with E-state index in [1.54, 1.807) is 24.7 Å². The number of benzene rings is 2. The van der Waals surface area contributed by atoms with Gasteiger partial charge in [0.25, 0.3) is 12.4 Å². The van der Waals surface area contributed by atoms with Crippen molar-refractivity contribution in [2.45, 2.75) is 57.6 Å². The number of carbonyl (C=O) groups is 2. The van der Waals surface area contributed by atoms with E-state index in [-0.39, 0.29) is 30.4 Å². The highest BCUT2D eigenvalue weighted by molar-refractivity contribution is 5.98. The summed E-state index contributed by atoms with van der Waals surface area (Å²) in [5, 5.41) is 22.9. The maximum atomic E-state index is 13.0. The fourth-order valence-electron chi connectivity index (χ4n) is 5.28. The van der Waals surface area contributed by atoms with Crippen LogP contribution in [0.5, 0.6) is 11.5 Å². The lowest BCUT2D eigenvalue weighted by Gasteiger charge is -2.25. The maximum absolute atomic E-state index is 13.0. The number of carbonyl (C=O) groups excluding carboxylic acids is 2. The summed E-state index contributed by atoms with van der Waals surface area (Å²) >= 11 is 0. The number of hydrogen-bond donors (Lipinski definition) is 3. The van der Waals surface area contributed by atoms with Crippen molar-refractivity contribution in [1.82, 2.24) is 14.9 Å². The van der Waals surface area contributed by atoms with Crippen LogP contribution in [-0.2, 0) is 11.2 Å². The minimum atomic E-state index is -0.902. The molecule has 5 rings (SSSR count). The van der Waals surface area contributed by atoms with Crippen LogP contribution in [0.25, 0.3) is 22.4 Å². The summed E-state index contributed by atoms with van der Waals surface area (Å²) in [5.41, 5.74) is 4.05. The van der Waals surface area contributed by atoms with Crippen LogP contribution < -0.4 is 10.1 Å². The highest BCUT2D eigenvalue weighted by Crippen LogP contribution is 2.36. The molecule has 1 aliphatic carbocycles. The van der Waals surface area contributed by atoms with Crippen molar-refractivity contribution in [3.05, 3.63) is 65.6 Å². The molecule has 38 heavy (non-hydrogen) atoms. The van der Waals surface area contributed by atoms with Gasteiger partial charge in [0.1, 0.15) is 23.6 Å². The zero-order valence-electron chi connectivity index (χ0n) is 21.2. The van der Waals surface area contributed by atoms with E-state index in [4.69, 9.17) is 14.1 Å². The summed E-state index contributed by atoms with van der Waals surface area (Å²) in [7, 11) is 0. The Hall–Kier alpha value is -4.11. The number of hydrogen-bond acceptors (Lipinski definition) is 7. The number of aliphatic hydroxyl groups is 1. The number of ether oxygens (including phenoxy) is 1. The number of amides is 1. The molecule has 1 atom stereocenters. The molecule has 1 saturated carbocycles. The third-order valence-electron chi connectivity index (χ3n) is 7.19. The van der Waals surface area contributed by atoms with Crippen molar-refractivity contribution in [3.63, 3.8) is 0 Å². The lowest BCUT2D eigenvalue weighted by molar-refractivity contribution is -0.120. The van der Waals surface area contributed by atoms with Crippen LogP contribution in [-0.4, -0.2) is 38.7 Å². The molecule has 2 aromatic heterocycles. The second-order valence-corrected chi connectivity index (χ2v) is 9.73. The summed E-state index contributed by atoms with van der Waals surface area (Å²) < 4.78 is 12.6. The fourth-order valence-corrected chi connectivity index (χ4v) is 5.28. The Kier molecular flexibility index (Phi) is 7.46. The molecule has 3 N–H and O–H groups in total. The third kappa shape index (κ3) is 5.15. The quantitative estimate of drug-likeness (QED) is 0.265. The summed E-state index contributed by atoms with van der Waals surface area (Å²) in [4.78, 5) is 28.8. The number of phenols is 1. The first-order valence-electron chi connectivity index (χ1n) is 12.9. The minimum Gasteiger partial charge on any atom is -0.507 e. The maximum Gasteiger partial charge on any atom is 0.298 e. The fraction of sp³-hybridized carbons (Fsp3) is 0.345. The molecular formula is C29H31N3O6. The number of phenolic OH excluding ortho intramolecular Hbond substituents is 1. The molecule has 1 fully saturated rings. The van der Waals surface area contributed by atoms with Crippen molar-refractivity contribution in [2.24, 2.45) is 0 Å². The molecule has 2 aromatic carbocycles. The first-order chi connectivity index (χ1) is 18.5. The normalized spacial score (nSPS) is 14.9. The molecule has 0 aliphatic heterocycles. The minimum absolute atomic E-state index is 0.166. The van der Waals surface area contributed by atoms with Gasteiger partial charge in [-0.25, -0.2) is 4.98 Å². The van der Waals surface area contributed by atoms with Gasteiger partial charge < -0.3 is 29.3 Å². The molecule has 1 amide bonds. The van der Waals surface area contributed by atoms with E-state index in [2.05, 4.69) is 9.88 Å². The summed E-state index contributed by atoms with van der Waals surface area (Å²) in [6.07, 6.45) is 8.60. The van der Waals surface area contributed by atoms with E-state index in [1.807, 2.05) is 18.2 Å². The second kappa shape index (κ2) is 11.1. The topological polar surface area (TPSA) is 127 Å². The second-order valence-electron chi connectivity index (χ2n) is 9.73. The predicted octanol–water partition coefficient (Wildman–Crippen LogP) is 5.07. The molecule has 198 valence electrons. The van der Waals surface area contributed by atoms with Crippen LogP contribution in [0.1, 0.15) is 72.7 Å². The van der Waals surface area contributed by atoms with E-state index in [0.29, 0.717) is 29.2 Å². The number of furan rings is 1. The van der Waals surface area contributed by atoms with Gasteiger partial charge in [-0.15, -0.1) is 0 Å². The summed E-state index contributed by atoms with van der Waals surface area (Å²) in [6.45, 7) is 2.07. The van der Waals surface area contributed by atoms with Gasteiger partial charge >= 0.3 is 0 Å². The largest absolute Gasteiger partial charge is 0.507 e. The van der Waals surface area contributed by atoms with E-state index in [1.165, 1.54) is 32.3 Å². The molecule has 1 unspecified atom stereocenters. The standard InChI is InChI=1S/C29H31N3O6/c1-18(34)23-13-19(27(38-17-33)15-26(23)35)9-11-30-29(36)20-7-8-25-24(14-20)31-28(21-10-12-37-16-21)32(25)22-5-3-2-4-6-22/h7-8,10,12-18,22,34-35H,2-6,9,11H2,1H3,(H,30,36). The Morgan fingerprint density at radius 2 is 2.05 bits per heavy atom. The third-order valence-corrected chi connectivity index (χ3v) is 7.19. The zero-order chi connectivity index (χ0) is 26.6. The molecule has 0 radical (unpaired) electrons. The number of imidazole rings is 1. The van der Waals surface area contributed by atoms with Crippen molar-refractivity contribution >= 4 is 23.4 Å². The lowest BCUT2D eigenvalue weighted by Crippen LogP contribution is -2.25. The molecule has 2 heterocycles. The molecule has 0 saturated heterocycles. The van der Waals surface area contributed by atoms with Gasteiger partial charge in [-0.05, 0) is 62.1 Å². The highest BCUT2D eigenvalue weighted by atomic mass is 16.5. The van der Waals surface area contributed by atoms with E-state index < -0.39 is 6.10 Å². The average molecular weight is 518 g/mol. The van der Waals surface area contributed by atoms with Crippen LogP contribution in [0.4, 0.5) is 0 Å². The van der Waals surface area contributed by atoms with Crippen LogP contribution >= 0.6 is 0 Å². The smallest absolute Gasteiger partial charge is 0.298 e. The van der Waals surface area contributed by atoms with Crippen molar-refractivity contribution in [3.8, 4) is 22.9 Å². The lowest BCUT2D eigenvalue weighted by atomic mass is 9.95.